The molecule has 0 saturated carbocycles. The lowest BCUT2D eigenvalue weighted by atomic mass is 9.60. The lowest BCUT2D eigenvalue weighted by molar-refractivity contribution is -0.136. The summed E-state index contributed by atoms with van der Waals surface area (Å²) in [6.45, 7) is 0. The van der Waals surface area contributed by atoms with Crippen molar-refractivity contribution in [3.05, 3.63) is 112 Å². The van der Waals surface area contributed by atoms with Crippen LogP contribution in [0.2, 0.25) is 0 Å². The summed E-state index contributed by atoms with van der Waals surface area (Å²) in [7, 11) is 1.47. The van der Waals surface area contributed by atoms with E-state index < -0.39 is 0 Å². The second kappa shape index (κ2) is 5.70. The highest BCUT2D eigenvalue weighted by atomic mass is 16.5. The highest BCUT2D eigenvalue weighted by Crippen LogP contribution is 2.58. The lowest BCUT2D eigenvalue weighted by Crippen LogP contribution is -2.31. The van der Waals surface area contributed by atoms with E-state index >= 15 is 0 Å². The highest BCUT2D eigenvalue weighted by molar-refractivity contribution is 6.05. The predicted octanol–water partition coefficient (Wildman–Crippen LogP) is 4.90. The zero-order valence-electron chi connectivity index (χ0n) is 14.5. The average Bonchev–Trinajstić information content (AvgIpc) is 2.73. The summed E-state index contributed by atoms with van der Waals surface area (Å²) in [5.41, 5.74) is 7.98. The standard InChI is InChI=1S/C24H18O2/c1-26-24(25)23-20(15-9-3-2-4-10-15)21-16-11-5-7-13-18(16)22(23)19-14-8-6-12-17(19)21/h2-14,21-22H,1H3. The van der Waals surface area contributed by atoms with Crippen LogP contribution in [-0.4, -0.2) is 13.1 Å². The van der Waals surface area contributed by atoms with E-state index in [4.69, 9.17) is 4.74 Å². The Labute approximate surface area is 152 Å². The number of hydrogen-bond donors (Lipinski definition) is 0. The van der Waals surface area contributed by atoms with Gasteiger partial charge >= 0.3 is 5.97 Å². The van der Waals surface area contributed by atoms with Gasteiger partial charge in [-0.3, -0.25) is 0 Å². The Morgan fingerprint density at radius 3 is 1.65 bits per heavy atom. The van der Waals surface area contributed by atoms with Crippen LogP contribution >= 0.6 is 0 Å². The molecule has 126 valence electrons. The van der Waals surface area contributed by atoms with Crippen LogP contribution in [0.1, 0.15) is 39.7 Å². The first kappa shape index (κ1) is 15.2. The third kappa shape index (κ3) is 1.96. The first-order valence-electron chi connectivity index (χ1n) is 8.86. The van der Waals surface area contributed by atoms with Gasteiger partial charge in [0.25, 0.3) is 0 Å². The van der Waals surface area contributed by atoms with E-state index in [2.05, 4.69) is 60.7 Å². The number of carbonyl (C=O) groups is 1. The van der Waals surface area contributed by atoms with E-state index in [9.17, 15) is 4.79 Å². The molecule has 26 heavy (non-hydrogen) atoms. The molecule has 0 radical (unpaired) electrons. The number of carbonyl (C=O) groups excluding carboxylic acids is 1. The molecule has 0 saturated heterocycles. The van der Waals surface area contributed by atoms with Gasteiger partial charge in [-0.2, -0.15) is 0 Å². The Balaban J connectivity index is 1.89. The van der Waals surface area contributed by atoms with Crippen molar-refractivity contribution in [2.45, 2.75) is 11.8 Å². The summed E-state index contributed by atoms with van der Waals surface area (Å²) in [6, 6.07) is 27.2. The molecule has 0 aromatic heterocycles. The van der Waals surface area contributed by atoms with E-state index in [1.165, 1.54) is 29.4 Å². The smallest absolute Gasteiger partial charge is 0.335 e. The molecule has 0 unspecified atom stereocenters. The quantitative estimate of drug-likeness (QED) is 0.621. The van der Waals surface area contributed by atoms with E-state index in [1.54, 1.807) is 0 Å². The van der Waals surface area contributed by atoms with Crippen molar-refractivity contribution in [3.8, 4) is 0 Å². The number of esters is 1. The molecule has 0 atom stereocenters. The molecule has 3 aliphatic carbocycles. The van der Waals surface area contributed by atoms with Gasteiger partial charge in [0, 0.05) is 11.8 Å². The van der Waals surface area contributed by atoms with Gasteiger partial charge in [-0.15, -0.1) is 0 Å². The molecule has 6 rings (SSSR count). The van der Waals surface area contributed by atoms with Crippen LogP contribution in [0.5, 0.6) is 0 Å². The number of rotatable bonds is 2. The molecular weight excluding hydrogens is 320 g/mol. The number of benzene rings is 3. The normalized spacial score (nSPS) is 19.7. The maximum Gasteiger partial charge on any atom is 0.335 e. The third-order valence-electron chi connectivity index (χ3n) is 5.59. The van der Waals surface area contributed by atoms with E-state index in [0.29, 0.717) is 0 Å². The molecule has 0 N–H and O–H groups in total. The molecule has 2 nitrogen and oxygen atoms in total. The summed E-state index contributed by atoms with van der Waals surface area (Å²) in [5.74, 6) is -0.248. The fourth-order valence-corrected chi connectivity index (χ4v) is 4.62. The minimum atomic E-state index is -0.233. The molecule has 2 heteroatoms. The molecule has 2 bridgehead atoms. The second-order valence-corrected chi connectivity index (χ2v) is 6.81. The summed E-state index contributed by atoms with van der Waals surface area (Å²) in [5, 5.41) is 0. The van der Waals surface area contributed by atoms with Crippen LogP contribution < -0.4 is 0 Å². The SMILES string of the molecule is COC(=O)C1=C(c2ccccc2)C2c3ccccc3C1c1ccccc12. The Bertz CT molecular complexity index is 999. The van der Waals surface area contributed by atoms with Gasteiger partial charge in [0.2, 0.25) is 0 Å². The zero-order chi connectivity index (χ0) is 17.7. The van der Waals surface area contributed by atoms with Crippen LogP contribution in [0.3, 0.4) is 0 Å². The molecular formula is C24H18O2. The Kier molecular flexibility index (Phi) is 3.32. The maximum absolute atomic E-state index is 12.9. The van der Waals surface area contributed by atoms with Gasteiger partial charge < -0.3 is 4.74 Å². The Hall–Kier alpha value is -3.13. The van der Waals surface area contributed by atoms with Crippen molar-refractivity contribution < 1.29 is 9.53 Å². The zero-order valence-corrected chi connectivity index (χ0v) is 14.5. The fraction of sp³-hybridized carbons (Fsp3) is 0.125. The first-order chi connectivity index (χ1) is 12.8. The molecule has 3 aromatic rings. The molecule has 0 spiro atoms. The van der Waals surface area contributed by atoms with Crippen LogP contribution in [0.25, 0.3) is 5.57 Å². The topological polar surface area (TPSA) is 26.3 Å². The maximum atomic E-state index is 12.9. The molecule has 3 aromatic carbocycles. The van der Waals surface area contributed by atoms with Gasteiger partial charge in [0.1, 0.15) is 0 Å². The lowest BCUT2D eigenvalue weighted by Gasteiger charge is -2.42. The van der Waals surface area contributed by atoms with Crippen molar-refractivity contribution in [2.75, 3.05) is 7.11 Å². The van der Waals surface area contributed by atoms with Gasteiger partial charge in [-0.05, 0) is 33.4 Å². The third-order valence-corrected chi connectivity index (χ3v) is 5.59. The molecule has 0 heterocycles. The monoisotopic (exact) mass is 338 g/mol. The summed E-state index contributed by atoms with van der Waals surface area (Å²) < 4.78 is 5.23. The van der Waals surface area contributed by atoms with Crippen LogP contribution in [0.15, 0.2) is 84.4 Å². The summed E-state index contributed by atoms with van der Waals surface area (Å²) in [6.07, 6.45) is 0. The highest BCUT2D eigenvalue weighted by Gasteiger charge is 2.45. The molecule has 0 aliphatic heterocycles. The largest absolute Gasteiger partial charge is 0.466 e. The van der Waals surface area contributed by atoms with Crippen molar-refractivity contribution >= 4 is 11.5 Å². The number of allylic oxidation sites excluding steroid dienone is 1. The molecule has 3 aliphatic rings. The number of hydrogen-bond acceptors (Lipinski definition) is 2. The van der Waals surface area contributed by atoms with Crippen LogP contribution in [0.4, 0.5) is 0 Å². The van der Waals surface area contributed by atoms with E-state index in [-0.39, 0.29) is 17.8 Å². The summed E-state index contributed by atoms with van der Waals surface area (Å²) in [4.78, 5) is 12.9. The fourth-order valence-electron chi connectivity index (χ4n) is 4.62. The van der Waals surface area contributed by atoms with E-state index in [0.717, 1.165) is 16.7 Å². The van der Waals surface area contributed by atoms with Crippen LogP contribution in [-0.2, 0) is 9.53 Å². The summed E-state index contributed by atoms with van der Waals surface area (Å²) >= 11 is 0. The Morgan fingerprint density at radius 1 is 0.692 bits per heavy atom. The van der Waals surface area contributed by atoms with Gasteiger partial charge in [0.15, 0.2) is 0 Å². The van der Waals surface area contributed by atoms with Crippen molar-refractivity contribution in [2.24, 2.45) is 0 Å². The van der Waals surface area contributed by atoms with Crippen molar-refractivity contribution in [1.29, 1.82) is 0 Å². The van der Waals surface area contributed by atoms with Crippen LogP contribution in [0, 0.1) is 0 Å². The number of methoxy groups -OCH3 is 1. The Morgan fingerprint density at radius 2 is 1.15 bits per heavy atom. The van der Waals surface area contributed by atoms with Gasteiger partial charge in [-0.1, -0.05) is 78.9 Å². The molecule has 0 fully saturated rings. The first-order valence-corrected chi connectivity index (χ1v) is 8.86. The van der Waals surface area contributed by atoms with Gasteiger partial charge in [-0.25, -0.2) is 4.79 Å². The molecule has 0 amide bonds. The average molecular weight is 338 g/mol. The minimum absolute atomic E-state index is 0.0592. The van der Waals surface area contributed by atoms with Crippen molar-refractivity contribution in [1.82, 2.24) is 0 Å². The second-order valence-electron chi connectivity index (χ2n) is 6.81. The van der Waals surface area contributed by atoms with Gasteiger partial charge in [0.05, 0.1) is 12.7 Å². The number of ether oxygens (including phenoxy) is 1. The predicted molar refractivity (Wildman–Crippen MR) is 102 cm³/mol. The minimum Gasteiger partial charge on any atom is -0.466 e. The van der Waals surface area contributed by atoms with Crippen molar-refractivity contribution in [3.63, 3.8) is 0 Å². The van der Waals surface area contributed by atoms with E-state index in [1.807, 2.05) is 18.2 Å².